The standard InChI is InChI=1S/C19H18F3N3O4/c1-29-16-9-12(5-6-15(16)26)11-23-25-18(28)8-7-17(27)24-14-4-2-3-13(10-14)19(20,21)22/h2-6,9-11,26H,7-8H2,1H3,(H,24,27)(H,25,28). The first-order valence-corrected chi connectivity index (χ1v) is 8.35. The van der Waals surface area contributed by atoms with Crippen molar-refractivity contribution < 1.29 is 32.6 Å². The van der Waals surface area contributed by atoms with E-state index in [-0.39, 0.29) is 30.0 Å². The first-order chi connectivity index (χ1) is 13.7. The molecule has 2 aromatic rings. The molecule has 0 saturated heterocycles. The highest BCUT2D eigenvalue weighted by molar-refractivity contribution is 5.93. The maximum Gasteiger partial charge on any atom is 0.416 e. The van der Waals surface area contributed by atoms with E-state index < -0.39 is 23.6 Å². The normalized spacial score (nSPS) is 11.3. The SMILES string of the molecule is COc1cc(C=NNC(=O)CCC(=O)Nc2cccc(C(F)(F)F)c2)ccc1O. The molecule has 29 heavy (non-hydrogen) atoms. The van der Waals surface area contributed by atoms with Crippen molar-refractivity contribution in [1.82, 2.24) is 5.43 Å². The van der Waals surface area contributed by atoms with Crippen LogP contribution in [0.4, 0.5) is 18.9 Å². The van der Waals surface area contributed by atoms with Gasteiger partial charge in [0.15, 0.2) is 11.5 Å². The maximum atomic E-state index is 12.7. The number of nitrogens with one attached hydrogen (secondary N) is 2. The molecule has 0 aliphatic carbocycles. The fraction of sp³-hybridized carbons (Fsp3) is 0.211. The largest absolute Gasteiger partial charge is 0.504 e. The number of hydrazone groups is 1. The number of alkyl halides is 3. The number of hydrogen-bond donors (Lipinski definition) is 3. The molecule has 0 bridgehead atoms. The molecule has 0 unspecified atom stereocenters. The predicted octanol–water partition coefficient (Wildman–Crippen LogP) is 3.29. The zero-order valence-electron chi connectivity index (χ0n) is 15.3. The molecule has 0 aromatic heterocycles. The molecule has 10 heteroatoms. The van der Waals surface area contributed by atoms with E-state index in [1.54, 1.807) is 6.07 Å². The topological polar surface area (TPSA) is 100 Å². The second-order valence-corrected chi connectivity index (χ2v) is 5.85. The van der Waals surface area contributed by atoms with Crippen LogP contribution in [0.25, 0.3) is 0 Å². The third-order valence-electron chi connectivity index (χ3n) is 3.66. The summed E-state index contributed by atoms with van der Waals surface area (Å²) in [7, 11) is 1.39. The number of carbonyl (C=O) groups is 2. The Morgan fingerprint density at radius 1 is 1.14 bits per heavy atom. The van der Waals surface area contributed by atoms with E-state index in [1.807, 2.05) is 0 Å². The number of nitrogens with zero attached hydrogens (tertiary/aromatic N) is 1. The van der Waals surface area contributed by atoms with Gasteiger partial charge >= 0.3 is 6.18 Å². The average molecular weight is 409 g/mol. The number of ether oxygens (including phenoxy) is 1. The molecule has 2 rings (SSSR count). The van der Waals surface area contributed by atoms with Gasteiger partial charge in [-0.15, -0.1) is 0 Å². The van der Waals surface area contributed by atoms with Crippen LogP contribution in [-0.4, -0.2) is 30.2 Å². The number of rotatable bonds is 7. The fourth-order valence-corrected chi connectivity index (χ4v) is 2.23. The van der Waals surface area contributed by atoms with Crippen molar-refractivity contribution in [2.75, 3.05) is 12.4 Å². The van der Waals surface area contributed by atoms with E-state index in [1.165, 1.54) is 37.6 Å². The lowest BCUT2D eigenvalue weighted by Gasteiger charge is -2.09. The molecule has 3 N–H and O–H groups in total. The Balaban J connectivity index is 1.81. The lowest BCUT2D eigenvalue weighted by Crippen LogP contribution is -2.20. The highest BCUT2D eigenvalue weighted by atomic mass is 19.4. The molecule has 7 nitrogen and oxygen atoms in total. The molecular weight excluding hydrogens is 391 g/mol. The van der Waals surface area contributed by atoms with Crippen LogP contribution in [0.2, 0.25) is 0 Å². The Hall–Kier alpha value is -3.56. The number of phenolic OH excluding ortho intramolecular Hbond substituents is 1. The van der Waals surface area contributed by atoms with Crippen LogP contribution < -0.4 is 15.5 Å². The van der Waals surface area contributed by atoms with Crippen molar-refractivity contribution in [3.63, 3.8) is 0 Å². The van der Waals surface area contributed by atoms with E-state index >= 15 is 0 Å². The van der Waals surface area contributed by atoms with Crippen LogP contribution >= 0.6 is 0 Å². The Labute approximate surface area is 164 Å². The van der Waals surface area contributed by atoms with Crippen LogP contribution in [0.5, 0.6) is 11.5 Å². The van der Waals surface area contributed by atoms with Crippen LogP contribution in [0.1, 0.15) is 24.0 Å². The van der Waals surface area contributed by atoms with Gasteiger partial charge in [0.05, 0.1) is 18.9 Å². The van der Waals surface area contributed by atoms with Gasteiger partial charge in [-0.3, -0.25) is 9.59 Å². The van der Waals surface area contributed by atoms with Crippen LogP contribution in [-0.2, 0) is 15.8 Å². The van der Waals surface area contributed by atoms with Crippen molar-refractivity contribution in [2.24, 2.45) is 5.10 Å². The molecule has 0 aliphatic heterocycles. The molecule has 2 aromatic carbocycles. The molecule has 0 atom stereocenters. The third-order valence-corrected chi connectivity index (χ3v) is 3.66. The zero-order valence-corrected chi connectivity index (χ0v) is 15.3. The maximum absolute atomic E-state index is 12.7. The molecule has 0 radical (unpaired) electrons. The zero-order chi connectivity index (χ0) is 21.4. The first kappa shape index (κ1) is 21.7. The summed E-state index contributed by atoms with van der Waals surface area (Å²) in [4.78, 5) is 23.6. The van der Waals surface area contributed by atoms with Gasteiger partial charge in [-0.25, -0.2) is 5.43 Å². The number of aromatic hydroxyl groups is 1. The molecule has 0 fully saturated rings. The summed E-state index contributed by atoms with van der Waals surface area (Å²) in [5.74, 6) is -0.954. The van der Waals surface area contributed by atoms with Crippen molar-refractivity contribution in [2.45, 2.75) is 19.0 Å². The van der Waals surface area contributed by atoms with Gasteiger partial charge in [0.1, 0.15) is 0 Å². The smallest absolute Gasteiger partial charge is 0.416 e. The van der Waals surface area contributed by atoms with Crippen LogP contribution in [0.15, 0.2) is 47.6 Å². The molecule has 154 valence electrons. The second kappa shape index (κ2) is 9.58. The molecular formula is C19H18F3N3O4. The summed E-state index contributed by atoms with van der Waals surface area (Å²) in [5, 5.41) is 15.5. The lowest BCUT2D eigenvalue weighted by molar-refractivity contribution is -0.137. The van der Waals surface area contributed by atoms with Gasteiger partial charge in [0, 0.05) is 18.5 Å². The average Bonchev–Trinajstić information content (AvgIpc) is 2.67. The highest BCUT2D eigenvalue weighted by Crippen LogP contribution is 2.30. The minimum atomic E-state index is -4.51. The van der Waals surface area contributed by atoms with Gasteiger partial charge in [0.25, 0.3) is 0 Å². The summed E-state index contributed by atoms with van der Waals surface area (Å²) in [5.41, 5.74) is 1.90. The van der Waals surface area contributed by atoms with E-state index in [2.05, 4.69) is 15.8 Å². The van der Waals surface area contributed by atoms with Gasteiger partial charge in [-0.2, -0.15) is 18.3 Å². The Bertz CT molecular complexity index is 914. The van der Waals surface area contributed by atoms with Crippen molar-refractivity contribution in [1.29, 1.82) is 0 Å². The lowest BCUT2D eigenvalue weighted by atomic mass is 10.2. The molecule has 0 heterocycles. The quantitative estimate of drug-likeness (QED) is 0.483. The van der Waals surface area contributed by atoms with Crippen LogP contribution in [0, 0.1) is 0 Å². The summed E-state index contributed by atoms with van der Waals surface area (Å²) >= 11 is 0. The van der Waals surface area contributed by atoms with Gasteiger partial charge < -0.3 is 15.2 Å². The summed E-state index contributed by atoms with van der Waals surface area (Å²) in [6, 6.07) is 8.67. The minimum absolute atomic E-state index is 0.00969. The predicted molar refractivity (Wildman–Crippen MR) is 99.7 cm³/mol. The number of methoxy groups -OCH3 is 1. The summed E-state index contributed by atoms with van der Waals surface area (Å²) < 4.78 is 42.9. The Kier molecular flexibility index (Phi) is 7.18. The fourth-order valence-electron chi connectivity index (χ4n) is 2.23. The minimum Gasteiger partial charge on any atom is -0.504 e. The molecule has 0 saturated carbocycles. The van der Waals surface area contributed by atoms with Crippen molar-refractivity contribution in [3.05, 3.63) is 53.6 Å². The van der Waals surface area contributed by atoms with Crippen molar-refractivity contribution in [3.8, 4) is 11.5 Å². The van der Waals surface area contributed by atoms with E-state index in [0.717, 1.165) is 12.1 Å². The van der Waals surface area contributed by atoms with Crippen LogP contribution in [0.3, 0.4) is 0 Å². The number of amides is 2. The number of anilines is 1. The summed E-state index contributed by atoms with van der Waals surface area (Å²) in [6.07, 6.45) is -3.63. The molecule has 0 aliphatic rings. The number of benzene rings is 2. The Morgan fingerprint density at radius 3 is 2.55 bits per heavy atom. The molecule has 0 spiro atoms. The Morgan fingerprint density at radius 2 is 1.86 bits per heavy atom. The number of hydrogen-bond acceptors (Lipinski definition) is 5. The van der Waals surface area contributed by atoms with Crippen molar-refractivity contribution >= 4 is 23.7 Å². The monoisotopic (exact) mass is 409 g/mol. The number of halogens is 3. The number of carbonyl (C=O) groups excluding carboxylic acids is 2. The van der Waals surface area contributed by atoms with Gasteiger partial charge in [0.2, 0.25) is 11.8 Å². The van der Waals surface area contributed by atoms with E-state index in [0.29, 0.717) is 5.56 Å². The van der Waals surface area contributed by atoms with E-state index in [9.17, 15) is 27.9 Å². The van der Waals surface area contributed by atoms with E-state index in [4.69, 9.17) is 4.74 Å². The second-order valence-electron chi connectivity index (χ2n) is 5.85. The van der Waals surface area contributed by atoms with Gasteiger partial charge in [-0.1, -0.05) is 6.07 Å². The summed E-state index contributed by atoms with van der Waals surface area (Å²) in [6.45, 7) is 0. The molecule has 2 amide bonds. The number of phenols is 1. The first-order valence-electron chi connectivity index (χ1n) is 8.35. The highest BCUT2D eigenvalue weighted by Gasteiger charge is 2.30. The third kappa shape index (κ3) is 6.83. The van der Waals surface area contributed by atoms with Gasteiger partial charge in [-0.05, 0) is 42.0 Å².